The Morgan fingerprint density at radius 1 is 1.71 bits per heavy atom. The number of rotatable bonds is 2. The zero-order chi connectivity index (χ0) is 12.4. The van der Waals surface area contributed by atoms with Crippen LogP contribution in [0.2, 0.25) is 0 Å². The van der Waals surface area contributed by atoms with E-state index in [1.165, 1.54) is 6.07 Å². The quantitative estimate of drug-likeness (QED) is 0.634. The van der Waals surface area contributed by atoms with Crippen LogP contribution in [0.25, 0.3) is 0 Å². The molecule has 0 aliphatic carbocycles. The summed E-state index contributed by atoms with van der Waals surface area (Å²) in [6.45, 7) is 4.06. The molecule has 92 valence electrons. The third-order valence-electron chi connectivity index (χ3n) is 2.67. The lowest BCUT2D eigenvalue weighted by Gasteiger charge is -2.31. The molecule has 1 unspecified atom stereocenters. The van der Waals surface area contributed by atoms with Crippen LogP contribution < -0.4 is 5.32 Å². The molecule has 1 amide bonds. The second kappa shape index (κ2) is 4.80. The first-order chi connectivity index (χ1) is 8.08. The van der Waals surface area contributed by atoms with E-state index in [2.05, 4.69) is 5.32 Å². The van der Waals surface area contributed by atoms with Gasteiger partial charge in [0.2, 0.25) is 0 Å². The first-order valence-electron chi connectivity index (χ1n) is 5.33. The van der Waals surface area contributed by atoms with Crippen LogP contribution in [0.1, 0.15) is 17.3 Å². The Kier molecular flexibility index (Phi) is 3.39. The second-order valence-corrected chi connectivity index (χ2v) is 4.93. The summed E-state index contributed by atoms with van der Waals surface area (Å²) in [4.78, 5) is 23.9. The van der Waals surface area contributed by atoms with E-state index in [0.29, 0.717) is 18.7 Å². The molecule has 6 nitrogen and oxygen atoms in total. The van der Waals surface area contributed by atoms with Crippen molar-refractivity contribution in [3.8, 4) is 0 Å². The van der Waals surface area contributed by atoms with Crippen molar-refractivity contribution in [3.63, 3.8) is 0 Å². The first kappa shape index (κ1) is 12.0. The fraction of sp³-hybridized carbons (Fsp3) is 0.500. The number of nitrogens with zero attached hydrogens (tertiary/aromatic N) is 2. The van der Waals surface area contributed by atoms with Gasteiger partial charge >= 0.3 is 5.00 Å². The Hall–Kier alpha value is -1.47. The lowest BCUT2D eigenvalue weighted by atomic mass is 10.2. The maximum atomic E-state index is 12.1. The summed E-state index contributed by atoms with van der Waals surface area (Å²) < 4.78 is 0. The van der Waals surface area contributed by atoms with Crippen LogP contribution in [-0.4, -0.2) is 41.4 Å². The van der Waals surface area contributed by atoms with Crippen LogP contribution in [0.5, 0.6) is 0 Å². The smallest absolute Gasteiger partial charge is 0.324 e. The average Bonchev–Trinajstić information content (AvgIpc) is 2.77. The highest BCUT2D eigenvalue weighted by Gasteiger charge is 2.23. The van der Waals surface area contributed by atoms with Gasteiger partial charge in [0, 0.05) is 37.1 Å². The fourth-order valence-corrected chi connectivity index (χ4v) is 2.53. The van der Waals surface area contributed by atoms with Gasteiger partial charge in [-0.3, -0.25) is 14.9 Å². The molecule has 1 aliphatic heterocycles. The third-order valence-corrected chi connectivity index (χ3v) is 3.55. The van der Waals surface area contributed by atoms with Gasteiger partial charge in [0.25, 0.3) is 5.91 Å². The van der Waals surface area contributed by atoms with Crippen molar-refractivity contribution in [1.82, 2.24) is 10.2 Å². The predicted molar refractivity (Wildman–Crippen MR) is 64.3 cm³/mol. The van der Waals surface area contributed by atoms with Crippen molar-refractivity contribution < 1.29 is 9.72 Å². The number of piperazine rings is 1. The molecule has 7 heteroatoms. The number of hydrogen-bond donors (Lipinski definition) is 1. The number of hydrogen-bond acceptors (Lipinski definition) is 5. The van der Waals surface area contributed by atoms with Gasteiger partial charge in [0.1, 0.15) is 0 Å². The molecule has 1 aromatic heterocycles. The predicted octanol–water partition coefficient (Wildman–Crippen LogP) is 1.09. The molecule has 0 bridgehead atoms. The average molecular weight is 255 g/mol. The minimum absolute atomic E-state index is 0.0107. The number of nitro groups is 1. The summed E-state index contributed by atoms with van der Waals surface area (Å²) in [5.41, 5.74) is 0.413. The van der Waals surface area contributed by atoms with E-state index >= 15 is 0 Å². The van der Waals surface area contributed by atoms with Crippen LogP contribution >= 0.6 is 11.3 Å². The lowest BCUT2D eigenvalue weighted by molar-refractivity contribution is -0.380. The Bertz CT molecular complexity index is 446. The Balaban J connectivity index is 2.10. The molecule has 1 fully saturated rings. The normalized spacial score (nSPS) is 20.3. The SMILES string of the molecule is CC1CN(C(=O)c2csc([N+](=O)[O-])c2)CCN1. The van der Waals surface area contributed by atoms with Crippen LogP contribution in [0, 0.1) is 10.1 Å². The molecule has 1 saturated heterocycles. The minimum atomic E-state index is -0.470. The number of carbonyl (C=O) groups is 1. The summed E-state index contributed by atoms with van der Waals surface area (Å²) in [5, 5.41) is 15.3. The van der Waals surface area contributed by atoms with Gasteiger partial charge in [-0.15, -0.1) is 0 Å². The van der Waals surface area contributed by atoms with E-state index in [0.717, 1.165) is 17.9 Å². The lowest BCUT2D eigenvalue weighted by Crippen LogP contribution is -2.51. The first-order valence-corrected chi connectivity index (χ1v) is 6.21. The number of amides is 1. The highest BCUT2D eigenvalue weighted by Crippen LogP contribution is 2.23. The van der Waals surface area contributed by atoms with Gasteiger partial charge < -0.3 is 10.2 Å². The van der Waals surface area contributed by atoms with Gasteiger partial charge in [-0.1, -0.05) is 11.3 Å². The molecule has 0 radical (unpaired) electrons. The van der Waals surface area contributed by atoms with Crippen molar-refractivity contribution in [1.29, 1.82) is 0 Å². The monoisotopic (exact) mass is 255 g/mol. The van der Waals surface area contributed by atoms with Crippen LogP contribution in [0.3, 0.4) is 0 Å². The largest absolute Gasteiger partial charge is 0.336 e. The number of nitrogens with one attached hydrogen (secondary N) is 1. The molecule has 0 aromatic carbocycles. The van der Waals surface area contributed by atoms with E-state index in [-0.39, 0.29) is 17.0 Å². The Morgan fingerprint density at radius 2 is 2.47 bits per heavy atom. The van der Waals surface area contributed by atoms with Crippen molar-refractivity contribution in [2.75, 3.05) is 19.6 Å². The summed E-state index contributed by atoms with van der Waals surface area (Å²) in [5.74, 6) is -0.122. The number of carbonyl (C=O) groups excluding carboxylic acids is 1. The van der Waals surface area contributed by atoms with Crippen molar-refractivity contribution in [2.45, 2.75) is 13.0 Å². The Labute approximate surface area is 102 Å². The molecule has 1 N–H and O–H groups in total. The molecule has 1 aromatic rings. The second-order valence-electron chi connectivity index (χ2n) is 4.04. The van der Waals surface area contributed by atoms with E-state index < -0.39 is 4.92 Å². The van der Waals surface area contributed by atoms with Gasteiger partial charge in [-0.05, 0) is 6.92 Å². The van der Waals surface area contributed by atoms with E-state index in [1.54, 1.807) is 10.3 Å². The maximum absolute atomic E-state index is 12.1. The van der Waals surface area contributed by atoms with Crippen LogP contribution in [0.15, 0.2) is 11.4 Å². The summed E-state index contributed by atoms with van der Waals surface area (Å²) >= 11 is 0.989. The topological polar surface area (TPSA) is 75.5 Å². The zero-order valence-electron chi connectivity index (χ0n) is 9.38. The van der Waals surface area contributed by atoms with Gasteiger partial charge in [0.05, 0.1) is 10.5 Å². The van der Waals surface area contributed by atoms with E-state index in [9.17, 15) is 14.9 Å². The summed E-state index contributed by atoms with van der Waals surface area (Å²) in [6, 6.07) is 1.61. The molecular weight excluding hydrogens is 242 g/mol. The van der Waals surface area contributed by atoms with Gasteiger partial charge in [-0.2, -0.15) is 0 Å². The van der Waals surface area contributed by atoms with Crippen LogP contribution in [0.4, 0.5) is 5.00 Å². The highest BCUT2D eigenvalue weighted by molar-refractivity contribution is 7.13. The van der Waals surface area contributed by atoms with E-state index in [4.69, 9.17) is 0 Å². The van der Waals surface area contributed by atoms with Crippen molar-refractivity contribution in [2.24, 2.45) is 0 Å². The molecule has 0 spiro atoms. The van der Waals surface area contributed by atoms with Gasteiger partial charge in [0.15, 0.2) is 0 Å². The molecule has 2 heterocycles. The molecule has 2 rings (SSSR count). The molecule has 1 atom stereocenters. The van der Waals surface area contributed by atoms with Crippen LogP contribution in [-0.2, 0) is 0 Å². The fourth-order valence-electron chi connectivity index (χ4n) is 1.83. The minimum Gasteiger partial charge on any atom is -0.336 e. The maximum Gasteiger partial charge on any atom is 0.324 e. The summed E-state index contributed by atoms with van der Waals surface area (Å²) in [6.07, 6.45) is 0. The molecule has 17 heavy (non-hydrogen) atoms. The Morgan fingerprint density at radius 3 is 3.06 bits per heavy atom. The standard InChI is InChI=1S/C10H13N3O3S/c1-7-5-12(3-2-11-7)10(14)8-4-9(13(15)16)17-6-8/h4,6-7,11H,2-3,5H2,1H3. The van der Waals surface area contributed by atoms with Gasteiger partial charge in [-0.25, -0.2) is 0 Å². The zero-order valence-corrected chi connectivity index (χ0v) is 10.2. The number of thiophene rings is 1. The highest BCUT2D eigenvalue weighted by atomic mass is 32.1. The molecular formula is C10H13N3O3S. The van der Waals surface area contributed by atoms with Crippen molar-refractivity contribution in [3.05, 3.63) is 27.1 Å². The molecule has 0 saturated carbocycles. The third kappa shape index (κ3) is 2.62. The van der Waals surface area contributed by atoms with Crippen molar-refractivity contribution >= 4 is 22.2 Å². The molecule has 1 aliphatic rings. The van der Waals surface area contributed by atoms with E-state index in [1.807, 2.05) is 6.92 Å². The summed E-state index contributed by atoms with van der Waals surface area (Å²) in [7, 11) is 0.